The second kappa shape index (κ2) is 7.73. The first-order chi connectivity index (χ1) is 7.22. The number of carbonyl (C=O) groups is 1. The minimum Gasteiger partial charge on any atom is -1.00 e. The number of ether oxygens (including phenoxy) is 2. The molecule has 0 atom stereocenters. The van der Waals surface area contributed by atoms with Crippen molar-refractivity contribution in [3.8, 4) is 5.75 Å². The molecular formula is C11H14ClNO3. The summed E-state index contributed by atoms with van der Waals surface area (Å²) in [6.07, 6.45) is 1.22. The van der Waals surface area contributed by atoms with Crippen LogP contribution in [-0.4, -0.2) is 12.6 Å². The van der Waals surface area contributed by atoms with Crippen molar-refractivity contribution in [2.45, 2.75) is 6.92 Å². The molecule has 0 bridgehead atoms. The lowest BCUT2D eigenvalue weighted by Crippen LogP contribution is -3.00. The van der Waals surface area contributed by atoms with E-state index in [0.29, 0.717) is 12.4 Å². The van der Waals surface area contributed by atoms with Gasteiger partial charge in [-0.05, 0) is 19.1 Å². The van der Waals surface area contributed by atoms with Crippen molar-refractivity contribution in [1.82, 2.24) is 0 Å². The van der Waals surface area contributed by atoms with E-state index in [9.17, 15) is 4.79 Å². The van der Waals surface area contributed by atoms with E-state index in [1.54, 1.807) is 19.1 Å². The number of halogens is 1. The predicted molar refractivity (Wildman–Crippen MR) is 54.7 cm³/mol. The van der Waals surface area contributed by atoms with Gasteiger partial charge in [0.25, 0.3) is 5.88 Å². The summed E-state index contributed by atoms with van der Waals surface area (Å²) in [6.45, 7) is 2.08. The van der Waals surface area contributed by atoms with Crippen LogP contribution in [0.2, 0.25) is 0 Å². The number of quaternary nitrogens is 1. The summed E-state index contributed by atoms with van der Waals surface area (Å²) in [5.74, 6) is 0.459. The van der Waals surface area contributed by atoms with Crippen LogP contribution in [-0.2, 0) is 9.53 Å². The van der Waals surface area contributed by atoms with Crippen molar-refractivity contribution in [2.75, 3.05) is 6.61 Å². The minimum atomic E-state index is -0.446. The third-order valence-corrected chi connectivity index (χ3v) is 1.56. The molecular weight excluding hydrogens is 230 g/mol. The van der Waals surface area contributed by atoms with Gasteiger partial charge >= 0.3 is 5.97 Å². The van der Waals surface area contributed by atoms with Crippen LogP contribution >= 0.6 is 0 Å². The first kappa shape index (κ1) is 14.5. The van der Waals surface area contributed by atoms with Gasteiger partial charge in [0.05, 0.1) is 6.61 Å². The maximum Gasteiger partial charge on any atom is 0.340 e. The van der Waals surface area contributed by atoms with Crippen molar-refractivity contribution in [3.63, 3.8) is 0 Å². The number of carbonyl (C=O) groups excluding carboxylic acids is 1. The monoisotopic (exact) mass is 243 g/mol. The average molecular weight is 244 g/mol. The topological polar surface area (TPSA) is 63.2 Å². The van der Waals surface area contributed by atoms with Crippen LogP contribution in [0.15, 0.2) is 42.3 Å². The van der Waals surface area contributed by atoms with Crippen LogP contribution in [0.3, 0.4) is 0 Å². The van der Waals surface area contributed by atoms with E-state index in [-0.39, 0.29) is 18.3 Å². The number of hydrogen-bond donors (Lipinski definition) is 1. The average Bonchev–Trinajstić information content (AvgIpc) is 2.19. The molecule has 0 heterocycles. The second-order valence-electron chi connectivity index (χ2n) is 2.78. The summed E-state index contributed by atoms with van der Waals surface area (Å²) in [7, 11) is 0. The van der Waals surface area contributed by atoms with Crippen molar-refractivity contribution in [1.29, 1.82) is 0 Å². The zero-order chi connectivity index (χ0) is 11.1. The van der Waals surface area contributed by atoms with Gasteiger partial charge in [-0.25, -0.2) is 4.79 Å². The lowest BCUT2D eigenvalue weighted by Gasteiger charge is -2.01. The number of esters is 1. The van der Waals surface area contributed by atoms with Crippen molar-refractivity contribution in [3.05, 3.63) is 42.3 Å². The van der Waals surface area contributed by atoms with Crippen LogP contribution in [0.5, 0.6) is 5.75 Å². The Kier molecular flexibility index (Phi) is 7.00. The fourth-order valence-electron chi connectivity index (χ4n) is 0.985. The summed E-state index contributed by atoms with van der Waals surface area (Å²) >= 11 is 0. The van der Waals surface area contributed by atoms with E-state index in [1.165, 1.54) is 6.08 Å². The standard InChI is InChI=1S/C11H13NO3.ClH/c1-2-14-11(13)8-10(12)15-9-6-4-3-5-7-9;/h3-8H,2,12H2,1H3;1H/b10-8+;. The smallest absolute Gasteiger partial charge is 0.340 e. The third kappa shape index (κ3) is 5.38. The van der Waals surface area contributed by atoms with E-state index < -0.39 is 5.97 Å². The Balaban J connectivity index is 0.00000225. The Morgan fingerprint density at radius 3 is 2.56 bits per heavy atom. The third-order valence-electron chi connectivity index (χ3n) is 1.56. The van der Waals surface area contributed by atoms with Gasteiger partial charge in [0.15, 0.2) is 0 Å². The fraction of sp³-hybridized carbons (Fsp3) is 0.182. The van der Waals surface area contributed by atoms with Crippen LogP contribution < -0.4 is 22.9 Å². The van der Waals surface area contributed by atoms with E-state index in [0.717, 1.165) is 0 Å². The molecule has 16 heavy (non-hydrogen) atoms. The molecule has 0 radical (unpaired) electrons. The summed E-state index contributed by atoms with van der Waals surface area (Å²) in [4.78, 5) is 11.0. The largest absolute Gasteiger partial charge is 1.00 e. The van der Waals surface area contributed by atoms with Gasteiger partial charge in [-0.2, -0.15) is 0 Å². The molecule has 5 heteroatoms. The number of benzene rings is 1. The minimum absolute atomic E-state index is 0. The molecule has 1 aromatic rings. The first-order valence-corrected chi connectivity index (χ1v) is 4.65. The van der Waals surface area contributed by atoms with Gasteiger partial charge in [-0.15, -0.1) is 0 Å². The van der Waals surface area contributed by atoms with Crippen LogP contribution in [0, 0.1) is 0 Å². The van der Waals surface area contributed by atoms with Gasteiger partial charge in [0.1, 0.15) is 11.8 Å². The molecule has 88 valence electrons. The summed E-state index contributed by atoms with van der Waals surface area (Å²) in [5.41, 5.74) is 3.59. The number of para-hydroxylation sites is 1. The lowest BCUT2D eigenvalue weighted by molar-refractivity contribution is -0.342. The summed E-state index contributed by atoms with van der Waals surface area (Å²) in [5, 5.41) is 0. The molecule has 0 fully saturated rings. The van der Waals surface area contributed by atoms with Crippen molar-refractivity contribution >= 4 is 5.97 Å². The molecule has 1 rings (SSSR count). The lowest BCUT2D eigenvalue weighted by atomic mass is 10.3. The van der Waals surface area contributed by atoms with Crippen LogP contribution in [0.4, 0.5) is 0 Å². The van der Waals surface area contributed by atoms with Gasteiger partial charge in [-0.1, -0.05) is 18.2 Å². The molecule has 0 saturated heterocycles. The molecule has 0 aliphatic rings. The van der Waals surface area contributed by atoms with Gasteiger partial charge in [0, 0.05) is 0 Å². The Morgan fingerprint density at radius 2 is 2.00 bits per heavy atom. The highest BCUT2D eigenvalue weighted by Gasteiger charge is 2.03. The molecule has 0 aromatic heterocycles. The Labute approximate surface area is 100 Å². The molecule has 0 aliphatic heterocycles. The maximum atomic E-state index is 11.0. The normalized spacial score (nSPS) is 10.2. The quantitative estimate of drug-likeness (QED) is 0.368. The molecule has 0 unspecified atom stereocenters. The number of hydrogen-bond acceptors (Lipinski definition) is 3. The van der Waals surface area contributed by atoms with Crippen LogP contribution in [0.1, 0.15) is 6.92 Å². The van der Waals surface area contributed by atoms with Crippen molar-refractivity contribution in [2.24, 2.45) is 0 Å². The number of rotatable bonds is 4. The maximum absolute atomic E-state index is 11.0. The molecule has 3 N–H and O–H groups in total. The van der Waals surface area contributed by atoms with Gasteiger partial charge in [-0.3, -0.25) is 5.73 Å². The van der Waals surface area contributed by atoms with E-state index in [4.69, 9.17) is 9.47 Å². The zero-order valence-corrected chi connectivity index (χ0v) is 9.74. The summed E-state index contributed by atoms with van der Waals surface area (Å²) < 4.78 is 10.00. The van der Waals surface area contributed by atoms with Crippen LogP contribution in [0.25, 0.3) is 0 Å². The molecule has 0 spiro atoms. The SMILES string of the molecule is CCOC(=O)/C=C(\[NH3+])Oc1ccccc1.[Cl-]. The second-order valence-corrected chi connectivity index (χ2v) is 2.78. The highest BCUT2D eigenvalue weighted by atomic mass is 35.5. The Bertz CT molecular complexity index is 352. The fourth-order valence-corrected chi connectivity index (χ4v) is 0.985. The highest BCUT2D eigenvalue weighted by Crippen LogP contribution is 2.09. The first-order valence-electron chi connectivity index (χ1n) is 4.65. The predicted octanol–water partition coefficient (Wildman–Crippen LogP) is -2.28. The zero-order valence-electron chi connectivity index (χ0n) is 8.98. The molecule has 4 nitrogen and oxygen atoms in total. The molecule has 0 saturated carbocycles. The van der Waals surface area contributed by atoms with E-state index >= 15 is 0 Å². The summed E-state index contributed by atoms with van der Waals surface area (Å²) in [6, 6.07) is 9.12. The van der Waals surface area contributed by atoms with E-state index in [2.05, 4.69) is 5.73 Å². The van der Waals surface area contributed by atoms with Gasteiger partial charge in [0.2, 0.25) is 0 Å². The molecule has 0 aliphatic carbocycles. The molecule has 1 aromatic carbocycles. The molecule has 0 amide bonds. The highest BCUT2D eigenvalue weighted by molar-refractivity contribution is 5.82. The van der Waals surface area contributed by atoms with E-state index in [1.807, 2.05) is 18.2 Å². The van der Waals surface area contributed by atoms with Gasteiger partial charge < -0.3 is 21.9 Å². The Morgan fingerprint density at radius 1 is 1.38 bits per heavy atom. The Hall–Kier alpha value is -1.52. The van der Waals surface area contributed by atoms with Crippen molar-refractivity contribution < 1.29 is 32.4 Å².